The van der Waals surface area contributed by atoms with E-state index in [1.54, 1.807) is 30.9 Å². The van der Waals surface area contributed by atoms with Crippen LogP contribution in [0, 0.1) is 5.82 Å². The Morgan fingerprint density at radius 1 is 0.781 bits per heavy atom. The van der Waals surface area contributed by atoms with Gasteiger partial charge in [-0.15, -0.1) is 0 Å². The molecule has 0 radical (unpaired) electrons. The van der Waals surface area contributed by atoms with Crippen LogP contribution in [-0.4, -0.2) is 35.2 Å². The van der Waals surface area contributed by atoms with Crippen LogP contribution in [-0.2, 0) is 0 Å². The second kappa shape index (κ2) is 6.98. The second-order valence-electron chi connectivity index (χ2n) is 7.43. The highest BCUT2D eigenvalue weighted by Crippen LogP contribution is 2.35. The molecule has 154 valence electrons. The molecule has 7 nitrogen and oxygen atoms in total. The van der Waals surface area contributed by atoms with E-state index >= 15 is 0 Å². The highest BCUT2D eigenvalue weighted by Gasteiger charge is 2.16. The van der Waals surface area contributed by atoms with Crippen molar-refractivity contribution in [3.8, 4) is 39.4 Å². The Morgan fingerprint density at radius 3 is 2.50 bits per heavy atom. The van der Waals surface area contributed by atoms with Gasteiger partial charge in [0.2, 0.25) is 0 Å². The van der Waals surface area contributed by atoms with Crippen LogP contribution in [0.3, 0.4) is 0 Å². The number of phenolic OH excluding ortho intramolecular Hbond substituents is 1. The van der Waals surface area contributed by atoms with E-state index in [0.29, 0.717) is 22.6 Å². The third-order valence-corrected chi connectivity index (χ3v) is 5.41. The number of hydrogen-bond donors (Lipinski definition) is 3. The summed E-state index contributed by atoms with van der Waals surface area (Å²) in [5.74, 6) is -0.637. The van der Waals surface area contributed by atoms with Gasteiger partial charge in [-0.05, 0) is 59.2 Å². The number of H-pyrrole nitrogens is 2. The molecule has 0 amide bonds. The van der Waals surface area contributed by atoms with Crippen LogP contribution < -0.4 is 0 Å². The van der Waals surface area contributed by atoms with Crippen LogP contribution in [0.2, 0.25) is 0 Å². The van der Waals surface area contributed by atoms with Crippen molar-refractivity contribution in [2.24, 2.45) is 0 Å². The molecular weight excluding hydrogens is 407 g/mol. The van der Waals surface area contributed by atoms with E-state index in [9.17, 15) is 9.50 Å². The van der Waals surface area contributed by atoms with Crippen LogP contribution >= 0.6 is 0 Å². The summed E-state index contributed by atoms with van der Waals surface area (Å²) < 4.78 is 13.9. The first kappa shape index (κ1) is 18.2. The summed E-state index contributed by atoms with van der Waals surface area (Å²) in [6, 6.07) is 13.6. The average Bonchev–Trinajstić information content (AvgIpc) is 3.42. The summed E-state index contributed by atoms with van der Waals surface area (Å²) in [5, 5.41) is 18.9. The van der Waals surface area contributed by atoms with Gasteiger partial charge >= 0.3 is 0 Å². The number of nitrogens with one attached hydrogen (secondary N) is 2. The highest BCUT2D eigenvalue weighted by atomic mass is 19.1. The number of aromatic amines is 2. The van der Waals surface area contributed by atoms with Gasteiger partial charge in [-0.1, -0.05) is 0 Å². The zero-order valence-electron chi connectivity index (χ0n) is 16.5. The first-order valence-electron chi connectivity index (χ1n) is 9.88. The molecule has 0 atom stereocenters. The zero-order chi connectivity index (χ0) is 21.7. The Hall–Kier alpha value is -4.59. The molecule has 6 aromatic rings. The van der Waals surface area contributed by atoms with Gasteiger partial charge in [-0.3, -0.25) is 10.1 Å². The van der Waals surface area contributed by atoms with Crippen molar-refractivity contribution in [3.05, 3.63) is 79.1 Å². The van der Waals surface area contributed by atoms with E-state index in [4.69, 9.17) is 0 Å². The van der Waals surface area contributed by atoms with E-state index in [-0.39, 0.29) is 5.75 Å². The van der Waals surface area contributed by atoms with E-state index < -0.39 is 5.82 Å². The Morgan fingerprint density at radius 2 is 1.66 bits per heavy atom. The van der Waals surface area contributed by atoms with Crippen molar-refractivity contribution in [2.75, 3.05) is 0 Å². The largest absolute Gasteiger partial charge is 0.508 e. The van der Waals surface area contributed by atoms with Crippen LogP contribution in [0.5, 0.6) is 5.75 Å². The predicted molar refractivity (Wildman–Crippen MR) is 119 cm³/mol. The summed E-state index contributed by atoms with van der Waals surface area (Å²) in [7, 11) is 0. The maximum Gasteiger partial charge on any atom is 0.155 e. The number of halogens is 1. The smallest absolute Gasteiger partial charge is 0.155 e. The van der Waals surface area contributed by atoms with Crippen molar-refractivity contribution in [2.45, 2.75) is 0 Å². The Labute approximate surface area is 180 Å². The molecule has 0 unspecified atom stereocenters. The summed E-state index contributed by atoms with van der Waals surface area (Å²) in [5.41, 5.74) is 6.03. The summed E-state index contributed by atoms with van der Waals surface area (Å²) in [6.07, 6.45) is 6.92. The Kier molecular flexibility index (Phi) is 3.97. The normalized spacial score (nSPS) is 11.4. The molecule has 6 rings (SSSR count). The highest BCUT2D eigenvalue weighted by molar-refractivity contribution is 5.99. The molecular formula is C24H15FN6O. The Balaban J connectivity index is 1.52. The van der Waals surface area contributed by atoms with E-state index in [1.165, 1.54) is 12.1 Å². The molecule has 5 heterocycles. The lowest BCUT2D eigenvalue weighted by Crippen LogP contribution is -1.84. The molecule has 0 aliphatic carbocycles. The number of fused-ring (bicyclic) bond motifs is 2. The van der Waals surface area contributed by atoms with Gasteiger partial charge in [-0.2, -0.15) is 5.10 Å². The molecule has 32 heavy (non-hydrogen) atoms. The quantitative estimate of drug-likeness (QED) is 0.369. The number of aromatic nitrogens is 6. The number of pyridine rings is 3. The molecule has 0 fully saturated rings. The number of benzene rings is 1. The van der Waals surface area contributed by atoms with Crippen molar-refractivity contribution in [3.63, 3.8) is 0 Å². The standard InChI is InChI=1S/C24H15FN6O/c25-16-7-14(8-17(32)10-16)18-3-6-27-23-19(18)11-21(29-23)22-20-9-15(12-28-24(20)31-30-22)13-1-4-26-5-2-13/h1-12,32H,(H,27,29)(H,28,30,31). The topological polar surface area (TPSA) is 103 Å². The fraction of sp³-hybridized carbons (Fsp3) is 0. The SMILES string of the molecule is Oc1cc(F)cc(-c2ccnc3[nH]c(-c4n[nH]c5ncc(-c6ccncc6)cc45)cc23)c1. The number of rotatable bonds is 3. The molecule has 5 aromatic heterocycles. The summed E-state index contributed by atoms with van der Waals surface area (Å²) in [6.45, 7) is 0. The second-order valence-corrected chi connectivity index (χ2v) is 7.43. The predicted octanol–water partition coefficient (Wildman–Crippen LogP) is 5.07. The molecule has 0 saturated heterocycles. The molecule has 0 spiro atoms. The Bertz CT molecular complexity index is 1590. The fourth-order valence-corrected chi connectivity index (χ4v) is 3.95. The van der Waals surface area contributed by atoms with Gasteiger partial charge in [0, 0.05) is 47.2 Å². The third-order valence-electron chi connectivity index (χ3n) is 5.41. The molecule has 0 bridgehead atoms. The third kappa shape index (κ3) is 2.97. The van der Waals surface area contributed by atoms with Crippen molar-refractivity contribution >= 4 is 22.1 Å². The van der Waals surface area contributed by atoms with Crippen LogP contribution in [0.15, 0.2) is 73.3 Å². The minimum absolute atomic E-state index is 0.131. The number of aromatic hydroxyl groups is 1. The lowest BCUT2D eigenvalue weighted by Gasteiger charge is -2.04. The van der Waals surface area contributed by atoms with Gasteiger partial charge in [0.25, 0.3) is 0 Å². The van der Waals surface area contributed by atoms with Crippen LogP contribution in [0.25, 0.3) is 55.7 Å². The van der Waals surface area contributed by atoms with E-state index in [2.05, 4.69) is 30.1 Å². The van der Waals surface area contributed by atoms with Crippen molar-refractivity contribution in [1.82, 2.24) is 30.1 Å². The lowest BCUT2D eigenvalue weighted by atomic mass is 10.0. The first-order chi connectivity index (χ1) is 15.7. The van der Waals surface area contributed by atoms with Gasteiger partial charge in [-0.25, -0.2) is 14.4 Å². The average molecular weight is 422 g/mol. The number of hydrogen-bond acceptors (Lipinski definition) is 5. The molecule has 0 aliphatic heterocycles. The maximum absolute atomic E-state index is 13.9. The molecule has 0 saturated carbocycles. The molecule has 8 heteroatoms. The van der Waals surface area contributed by atoms with Crippen molar-refractivity contribution in [1.29, 1.82) is 0 Å². The van der Waals surface area contributed by atoms with E-state index in [1.807, 2.05) is 24.3 Å². The lowest BCUT2D eigenvalue weighted by molar-refractivity contribution is 0.469. The minimum Gasteiger partial charge on any atom is -0.508 e. The van der Waals surface area contributed by atoms with Crippen molar-refractivity contribution < 1.29 is 9.50 Å². The van der Waals surface area contributed by atoms with Crippen LogP contribution in [0.4, 0.5) is 4.39 Å². The first-order valence-corrected chi connectivity index (χ1v) is 9.88. The van der Waals surface area contributed by atoms with Gasteiger partial charge < -0.3 is 10.1 Å². The minimum atomic E-state index is -0.506. The monoisotopic (exact) mass is 422 g/mol. The molecule has 3 N–H and O–H groups in total. The van der Waals surface area contributed by atoms with Gasteiger partial charge in [0.15, 0.2) is 5.65 Å². The van der Waals surface area contributed by atoms with Crippen LogP contribution in [0.1, 0.15) is 0 Å². The summed E-state index contributed by atoms with van der Waals surface area (Å²) >= 11 is 0. The zero-order valence-corrected chi connectivity index (χ0v) is 16.5. The summed E-state index contributed by atoms with van der Waals surface area (Å²) in [4.78, 5) is 16.3. The fourth-order valence-electron chi connectivity index (χ4n) is 3.95. The van der Waals surface area contributed by atoms with E-state index in [0.717, 1.165) is 39.2 Å². The molecule has 1 aromatic carbocycles. The maximum atomic E-state index is 13.9. The number of nitrogens with zero attached hydrogens (tertiary/aromatic N) is 4. The van der Waals surface area contributed by atoms with Gasteiger partial charge in [0.05, 0.1) is 5.69 Å². The molecule has 0 aliphatic rings. The van der Waals surface area contributed by atoms with Gasteiger partial charge in [0.1, 0.15) is 22.9 Å². The number of phenols is 1.